The maximum Gasteiger partial charge on any atom is 0.416 e. The summed E-state index contributed by atoms with van der Waals surface area (Å²) in [5.74, 6) is -0.0420. The number of carbonyl (C=O) groups is 1. The number of ketones is 1. The lowest BCUT2D eigenvalue weighted by molar-refractivity contribution is -0.137. The van der Waals surface area contributed by atoms with Crippen LogP contribution in [0.5, 0.6) is 0 Å². The van der Waals surface area contributed by atoms with Crippen LogP contribution in [-0.4, -0.2) is 14.2 Å². The van der Waals surface area contributed by atoms with Gasteiger partial charge in [-0.1, -0.05) is 6.92 Å². The second kappa shape index (κ2) is 7.26. The van der Waals surface area contributed by atoms with Gasteiger partial charge in [-0.25, -0.2) is 8.42 Å². The molecule has 0 aliphatic heterocycles. The molecular formula is C17H16F3NO3S. The number of anilines is 1. The fourth-order valence-corrected chi connectivity index (χ4v) is 3.19. The molecule has 0 bridgehead atoms. The van der Waals surface area contributed by atoms with E-state index in [1.807, 2.05) is 6.92 Å². The molecule has 0 radical (unpaired) electrons. The zero-order valence-corrected chi connectivity index (χ0v) is 14.1. The zero-order chi connectivity index (χ0) is 18.7. The Morgan fingerprint density at radius 1 is 1.00 bits per heavy atom. The number of benzene rings is 2. The van der Waals surface area contributed by atoms with Gasteiger partial charge in [0.25, 0.3) is 10.0 Å². The number of sulfonamides is 1. The zero-order valence-electron chi connectivity index (χ0n) is 13.3. The molecule has 0 atom stereocenters. The van der Waals surface area contributed by atoms with Gasteiger partial charge in [0.2, 0.25) is 0 Å². The van der Waals surface area contributed by atoms with Crippen LogP contribution < -0.4 is 4.72 Å². The fraction of sp³-hybridized carbons (Fsp3) is 0.235. The molecule has 25 heavy (non-hydrogen) atoms. The summed E-state index contributed by atoms with van der Waals surface area (Å²) < 4.78 is 64.3. The number of Topliss-reactive ketones (excluding diaryl/α,β-unsaturated/α-hetero) is 1. The molecule has 0 unspecified atom stereocenters. The van der Waals surface area contributed by atoms with Crippen LogP contribution in [0.1, 0.15) is 35.7 Å². The molecule has 134 valence electrons. The molecule has 0 spiro atoms. The van der Waals surface area contributed by atoms with Crippen molar-refractivity contribution in [3.63, 3.8) is 0 Å². The van der Waals surface area contributed by atoms with Gasteiger partial charge in [0.1, 0.15) is 0 Å². The highest BCUT2D eigenvalue weighted by Crippen LogP contribution is 2.30. The fourth-order valence-electron chi connectivity index (χ4n) is 2.13. The third-order valence-corrected chi connectivity index (χ3v) is 4.83. The Hall–Kier alpha value is -2.35. The lowest BCUT2D eigenvalue weighted by Crippen LogP contribution is -2.14. The highest BCUT2D eigenvalue weighted by atomic mass is 32.2. The largest absolute Gasteiger partial charge is 0.416 e. The predicted octanol–water partition coefficient (Wildman–Crippen LogP) is 4.49. The van der Waals surface area contributed by atoms with E-state index in [0.717, 1.165) is 12.1 Å². The van der Waals surface area contributed by atoms with Gasteiger partial charge in [0.15, 0.2) is 5.78 Å². The summed E-state index contributed by atoms with van der Waals surface area (Å²) in [6.07, 6.45) is -3.42. The van der Waals surface area contributed by atoms with Crippen molar-refractivity contribution >= 4 is 21.5 Å². The summed E-state index contributed by atoms with van der Waals surface area (Å²) in [6, 6.07) is 9.08. The average Bonchev–Trinajstić information content (AvgIpc) is 2.55. The second-order valence-corrected chi connectivity index (χ2v) is 7.06. The molecule has 0 saturated carbocycles. The number of nitrogens with one attached hydrogen (secondary N) is 1. The minimum atomic E-state index is -4.53. The topological polar surface area (TPSA) is 63.2 Å². The van der Waals surface area contributed by atoms with Gasteiger partial charge >= 0.3 is 6.18 Å². The highest BCUT2D eigenvalue weighted by Gasteiger charge is 2.30. The van der Waals surface area contributed by atoms with E-state index in [1.165, 1.54) is 24.3 Å². The predicted molar refractivity (Wildman–Crippen MR) is 87.9 cm³/mol. The summed E-state index contributed by atoms with van der Waals surface area (Å²) in [5.41, 5.74) is -0.238. The lowest BCUT2D eigenvalue weighted by atomic mass is 10.1. The molecule has 8 heteroatoms. The van der Waals surface area contributed by atoms with Crippen LogP contribution in [-0.2, 0) is 16.2 Å². The number of rotatable bonds is 6. The summed E-state index contributed by atoms with van der Waals surface area (Å²) in [6.45, 7) is 1.88. The Balaban J connectivity index is 2.17. The van der Waals surface area contributed by atoms with Gasteiger partial charge in [-0.05, 0) is 55.0 Å². The molecule has 2 aromatic rings. The van der Waals surface area contributed by atoms with E-state index in [1.54, 1.807) is 0 Å². The molecule has 2 rings (SSSR count). The van der Waals surface area contributed by atoms with Gasteiger partial charge in [0, 0.05) is 17.7 Å². The number of halogens is 3. The third-order valence-electron chi connectivity index (χ3n) is 3.43. The first kappa shape index (κ1) is 19.0. The molecule has 0 aliphatic carbocycles. The van der Waals surface area contributed by atoms with E-state index in [0.29, 0.717) is 30.5 Å². The Morgan fingerprint density at radius 3 is 2.04 bits per heavy atom. The lowest BCUT2D eigenvalue weighted by Gasteiger charge is -2.10. The normalized spacial score (nSPS) is 12.0. The van der Waals surface area contributed by atoms with Gasteiger partial charge in [-0.2, -0.15) is 13.2 Å². The smallest absolute Gasteiger partial charge is 0.294 e. The van der Waals surface area contributed by atoms with E-state index in [9.17, 15) is 26.4 Å². The summed E-state index contributed by atoms with van der Waals surface area (Å²) in [5, 5.41) is 0. The molecule has 0 aromatic heterocycles. The Labute approximate surface area is 143 Å². The van der Waals surface area contributed by atoms with Gasteiger partial charge in [-0.15, -0.1) is 0 Å². The first-order valence-corrected chi connectivity index (χ1v) is 8.95. The number of carbonyl (C=O) groups excluding carboxylic acids is 1. The van der Waals surface area contributed by atoms with Crippen molar-refractivity contribution < 1.29 is 26.4 Å². The maximum atomic E-state index is 12.5. The monoisotopic (exact) mass is 371 g/mol. The van der Waals surface area contributed by atoms with Crippen molar-refractivity contribution in [1.82, 2.24) is 0 Å². The van der Waals surface area contributed by atoms with E-state index in [2.05, 4.69) is 4.72 Å². The van der Waals surface area contributed by atoms with Crippen molar-refractivity contribution in [2.24, 2.45) is 0 Å². The molecular weight excluding hydrogens is 355 g/mol. The molecule has 0 heterocycles. The molecule has 1 N–H and O–H groups in total. The van der Waals surface area contributed by atoms with E-state index >= 15 is 0 Å². The molecule has 0 amide bonds. The van der Waals surface area contributed by atoms with Crippen LogP contribution >= 0.6 is 0 Å². The number of hydrogen-bond donors (Lipinski definition) is 1. The van der Waals surface area contributed by atoms with Crippen LogP contribution in [0.25, 0.3) is 0 Å². The van der Waals surface area contributed by atoms with Crippen LogP contribution in [0.2, 0.25) is 0 Å². The highest BCUT2D eigenvalue weighted by molar-refractivity contribution is 7.92. The van der Waals surface area contributed by atoms with Crippen LogP contribution in [0.3, 0.4) is 0 Å². The molecule has 0 saturated heterocycles. The summed E-state index contributed by atoms with van der Waals surface area (Å²) in [7, 11) is -4.02. The van der Waals surface area contributed by atoms with E-state index in [-0.39, 0.29) is 16.4 Å². The van der Waals surface area contributed by atoms with Gasteiger partial charge in [0.05, 0.1) is 10.5 Å². The summed E-state index contributed by atoms with van der Waals surface area (Å²) >= 11 is 0. The van der Waals surface area contributed by atoms with Crippen molar-refractivity contribution in [3.8, 4) is 0 Å². The third kappa shape index (κ3) is 4.82. The Morgan fingerprint density at radius 2 is 1.56 bits per heavy atom. The van der Waals surface area contributed by atoms with Crippen molar-refractivity contribution in [3.05, 3.63) is 59.7 Å². The van der Waals surface area contributed by atoms with Crippen molar-refractivity contribution in [1.29, 1.82) is 0 Å². The molecule has 0 fully saturated rings. The second-order valence-electron chi connectivity index (χ2n) is 5.38. The quantitative estimate of drug-likeness (QED) is 0.761. The number of hydrogen-bond acceptors (Lipinski definition) is 3. The van der Waals surface area contributed by atoms with Crippen molar-refractivity contribution in [2.45, 2.75) is 30.8 Å². The average molecular weight is 371 g/mol. The van der Waals surface area contributed by atoms with E-state index < -0.39 is 21.8 Å². The summed E-state index contributed by atoms with van der Waals surface area (Å²) in [4.78, 5) is 11.5. The first-order valence-electron chi connectivity index (χ1n) is 7.47. The standard InChI is InChI=1S/C17H16F3NO3S/c1-2-3-16(22)12-4-8-14(9-5-12)21-25(23,24)15-10-6-13(7-11-15)17(18,19)20/h4-11,21H,2-3H2,1H3. The Kier molecular flexibility index (Phi) is 5.52. The maximum absolute atomic E-state index is 12.5. The van der Waals surface area contributed by atoms with Crippen molar-refractivity contribution in [2.75, 3.05) is 4.72 Å². The number of alkyl halides is 3. The van der Waals surface area contributed by atoms with Gasteiger partial charge < -0.3 is 0 Å². The first-order chi connectivity index (χ1) is 11.6. The molecule has 4 nitrogen and oxygen atoms in total. The van der Waals surface area contributed by atoms with E-state index in [4.69, 9.17) is 0 Å². The van der Waals surface area contributed by atoms with Crippen LogP contribution in [0, 0.1) is 0 Å². The molecule has 0 aliphatic rings. The van der Waals surface area contributed by atoms with Gasteiger partial charge in [-0.3, -0.25) is 9.52 Å². The minimum absolute atomic E-state index is 0.0420. The SMILES string of the molecule is CCCC(=O)c1ccc(NS(=O)(=O)c2ccc(C(F)(F)F)cc2)cc1. The Bertz CT molecular complexity index is 842. The minimum Gasteiger partial charge on any atom is -0.294 e. The van der Waals surface area contributed by atoms with Crippen LogP contribution in [0.15, 0.2) is 53.4 Å². The molecule has 2 aromatic carbocycles. The van der Waals surface area contributed by atoms with Crippen LogP contribution in [0.4, 0.5) is 18.9 Å².